The molecule has 1 saturated heterocycles. The molecule has 5 heteroatoms. The van der Waals surface area contributed by atoms with E-state index in [0.29, 0.717) is 0 Å². The van der Waals surface area contributed by atoms with E-state index in [2.05, 4.69) is 9.88 Å². The van der Waals surface area contributed by atoms with Crippen LogP contribution in [-0.2, 0) is 6.54 Å². The Morgan fingerprint density at radius 1 is 1.47 bits per heavy atom. The van der Waals surface area contributed by atoms with Crippen LogP contribution in [0.1, 0.15) is 34.8 Å². The standard InChI is InChI=1S/C10H14N2O2S/c13-10(14)9-11-8(7-15-9)6-12-4-2-1-3-5-12/h7H,1-6H2,(H,13,14). The fourth-order valence-corrected chi connectivity index (χ4v) is 2.47. The highest BCUT2D eigenvalue weighted by atomic mass is 32.1. The van der Waals surface area contributed by atoms with E-state index in [4.69, 9.17) is 5.11 Å². The molecule has 0 radical (unpaired) electrons. The lowest BCUT2D eigenvalue weighted by molar-refractivity contribution is 0.0696. The van der Waals surface area contributed by atoms with Crippen LogP contribution in [0.5, 0.6) is 0 Å². The Balaban J connectivity index is 1.94. The fourth-order valence-electron chi connectivity index (χ4n) is 1.82. The molecule has 82 valence electrons. The van der Waals surface area contributed by atoms with E-state index in [1.165, 1.54) is 30.6 Å². The van der Waals surface area contributed by atoms with Gasteiger partial charge in [-0.3, -0.25) is 4.90 Å². The summed E-state index contributed by atoms with van der Waals surface area (Å²) >= 11 is 1.21. The topological polar surface area (TPSA) is 53.4 Å². The van der Waals surface area contributed by atoms with Crippen LogP contribution >= 0.6 is 11.3 Å². The molecule has 0 unspecified atom stereocenters. The van der Waals surface area contributed by atoms with E-state index in [0.717, 1.165) is 25.3 Å². The summed E-state index contributed by atoms with van der Waals surface area (Å²) in [6, 6.07) is 0. The molecule has 1 aromatic heterocycles. The Kier molecular flexibility index (Phi) is 3.33. The van der Waals surface area contributed by atoms with Crippen molar-refractivity contribution >= 4 is 17.3 Å². The molecule has 0 saturated carbocycles. The lowest BCUT2D eigenvalue weighted by atomic mass is 10.1. The second-order valence-electron chi connectivity index (χ2n) is 3.79. The molecule has 1 aliphatic heterocycles. The Morgan fingerprint density at radius 2 is 2.20 bits per heavy atom. The predicted octanol–water partition coefficient (Wildman–Crippen LogP) is 1.83. The summed E-state index contributed by atoms with van der Waals surface area (Å²) < 4.78 is 0. The number of piperidine rings is 1. The summed E-state index contributed by atoms with van der Waals surface area (Å²) in [7, 11) is 0. The maximum Gasteiger partial charge on any atom is 0.365 e. The van der Waals surface area contributed by atoms with Gasteiger partial charge in [0.25, 0.3) is 0 Å². The highest BCUT2D eigenvalue weighted by Crippen LogP contribution is 2.15. The average molecular weight is 226 g/mol. The normalized spacial score (nSPS) is 17.9. The molecule has 0 spiro atoms. The van der Waals surface area contributed by atoms with Gasteiger partial charge in [0, 0.05) is 11.9 Å². The number of aromatic carboxylic acids is 1. The molecule has 0 amide bonds. The number of carboxylic acid groups (broad SMARTS) is 1. The lowest BCUT2D eigenvalue weighted by Gasteiger charge is -2.25. The zero-order chi connectivity index (χ0) is 10.7. The first-order valence-corrected chi connectivity index (χ1v) is 6.04. The number of carbonyl (C=O) groups is 1. The molecule has 1 fully saturated rings. The maximum atomic E-state index is 10.6. The number of thiazole rings is 1. The van der Waals surface area contributed by atoms with Gasteiger partial charge in [0.1, 0.15) is 0 Å². The highest BCUT2D eigenvalue weighted by Gasteiger charge is 2.14. The number of hydrogen-bond donors (Lipinski definition) is 1. The van der Waals surface area contributed by atoms with Crippen molar-refractivity contribution in [1.82, 2.24) is 9.88 Å². The van der Waals surface area contributed by atoms with Gasteiger partial charge >= 0.3 is 5.97 Å². The zero-order valence-electron chi connectivity index (χ0n) is 8.48. The SMILES string of the molecule is O=C(O)c1nc(CN2CCCCC2)cs1. The van der Waals surface area contributed by atoms with Gasteiger partial charge in [-0.1, -0.05) is 6.42 Å². The third kappa shape index (κ3) is 2.76. The Hall–Kier alpha value is -0.940. The number of carboxylic acids is 1. The van der Waals surface area contributed by atoms with Gasteiger partial charge in [0.15, 0.2) is 0 Å². The second-order valence-corrected chi connectivity index (χ2v) is 4.64. The van der Waals surface area contributed by atoms with Crippen LogP contribution in [0.15, 0.2) is 5.38 Å². The fraction of sp³-hybridized carbons (Fsp3) is 0.600. The number of nitrogens with zero attached hydrogens (tertiary/aromatic N) is 2. The molecule has 4 nitrogen and oxygen atoms in total. The van der Waals surface area contributed by atoms with Gasteiger partial charge in [0.05, 0.1) is 5.69 Å². The summed E-state index contributed by atoms with van der Waals surface area (Å²) in [6.07, 6.45) is 3.81. The summed E-state index contributed by atoms with van der Waals surface area (Å²) in [5, 5.41) is 10.8. The molecule has 2 rings (SSSR count). The van der Waals surface area contributed by atoms with Gasteiger partial charge < -0.3 is 5.11 Å². The van der Waals surface area contributed by atoms with Crippen molar-refractivity contribution < 1.29 is 9.90 Å². The van der Waals surface area contributed by atoms with Crippen LogP contribution in [-0.4, -0.2) is 34.0 Å². The van der Waals surface area contributed by atoms with Crippen LogP contribution in [0.3, 0.4) is 0 Å². The van der Waals surface area contributed by atoms with Gasteiger partial charge in [-0.25, -0.2) is 9.78 Å². The first-order chi connectivity index (χ1) is 7.25. The van der Waals surface area contributed by atoms with Crippen LogP contribution < -0.4 is 0 Å². The minimum absolute atomic E-state index is 0.196. The Morgan fingerprint density at radius 3 is 2.80 bits per heavy atom. The Labute approximate surface area is 92.6 Å². The van der Waals surface area contributed by atoms with Gasteiger partial charge in [-0.15, -0.1) is 11.3 Å². The number of aromatic nitrogens is 1. The average Bonchev–Trinajstić information content (AvgIpc) is 2.68. The van der Waals surface area contributed by atoms with Gasteiger partial charge in [0.2, 0.25) is 5.01 Å². The van der Waals surface area contributed by atoms with E-state index < -0.39 is 5.97 Å². The minimum atomic E-state index is -0.926. The highest BCUT2D eigenvalue weighted by molar-refractivity contribution is 7.11. The maximum absolute atomic E-state index is 10.6. The number of hydrogen-bond acceptors (Lipinski definition) is 4. The third-order valence-corrected chi connectivity index (χ3v) is 3.45. The molecule has 15 heavy (non-hydrogen) atoms. The van der Waals surface area contributed by atoms with Crippen molar-refractivity contribution in [1.29, 1.82) is 0 Å². The quantitative estimate of drug-likeness (QED) is 0.854. The molecule has 2 heterocycles. The van der Waals surface area contributed by atoms with Gasteiger partial charge in [-0.05, 0) is 25.9 Å². The molecule has 1 N–H and O–H groups in total. The van der Waals surface area contributed by atoms with Crippen LogP contribution in [0.2, 0.25) is 0 Å². The monoisotopic (exact) mass is 226 g/mol. The first kappa shape index (κ1) is 10.6. The smallest absolute Gasteiger partial charge is 0.365 e. The minimum Gasteiger partial charge on any atom is -0.476 e. The van der Waals surface area contributed by atoms with Gasteiger partial charge in [-0.2, -0.15) is 0 Å². The van der Waals surface area contributed by atoms with Crippen molar-refractivity contribution in [3.05, 3.63) is 16.1 Å². The predicted molar refractivity (Wildman–Crippen MR) is 58.2 cm³/mol. The molecular formula is C10H14N2O2S. The number of rotatable bonds is 3. The molecule has 0 bridgehead atoms. The number of likely N-dealkylation sites (tertiary alicyclic amines) is 1. The van der Waals surface area contributed by atoms with E-state index in [1.807, 2.05) is 5.38 Å². The molecule has 0 atom stereocenters. The summed E-state index contributed by atoms with van der Waals surface area (Å²) in [5.41, 5.74) is 0.888. The summed E-state index contributed by atoms with van der Waals surface area (Å²) in [4.78, 5) is 17.1. The second kappa shape index (κ2) is 4.72. The van der Waals surface area contributed by atoms with E-state index in [1.54, 1.807) is 0 Å². The molecule has 0 aliphatic carbocycles. The largest absolute Gasteiger partial charge is 0.476 e. The van der Waals surface area contributed by atoms with E-state index >= 15 is 0 Å². The van der Waals surface area contributed by atoms with Crippen molar-refractivity contribution in [3.8, 4) is 0 Å². The summed E-state index contributed by atoms with van der Waals surface area (Å²) in [6.45, 7) is 3.02. The van der Waals surface area contributed by atoms with Crippen molar-refractivity contribution in [2.24, 2.45) is 0 Å². The lowest BCUT2D eigenvalue weighted by Crippen LogP contribution is -2.29. The van der Waals surface area contributed by atoms with Crippen LogP contribution in [0, 0.1) is 0 Å². The third-order valence-electron chi connectivity index (χ3n) is 2.57. The van der Waals surface area contributed by atoms with E-state index in [9.17, 15) is 4.79 Å². The van der Waals surface area contributed by atoms with E-state index in [-0.39, 0.29) is 5.01 Å². The van der Waals surface area contributed by atoms with Crippen molar-refractivity contribution in [3.63, 3.8) is 0 Å². The van der Waals surface area contributed by atoms with Crippen molar-refractivity contribution in [2.45, 2.75) is 25.8 Å². The molecular weight excluding hydrogens is 212 g/mol. The Bertz CT molecular complexity index is 345. The summed E-state index contributed by atoms with van der Waals surface area (Å²) in [5.74, 6) is -0.926. The molecule has 1 aromatic rings. The van der Waals surface area contributed by atoms with Crippen LogP contribution in [0.4, 0.5) is 0 Å². The van der Waals surface area contributed by atoms with Crippen molar-refractivity contribution in [2.75, 3.05) is 13.1 Å². The zero-order valence-corrected chi connectivity index (χ0v) is 9.29. The molecule has 0 aromatic carbocycles. The molecule has 1 aliphatic rings. The first-order valence-electron chi connectivity index (χ1n) is 5.16. The van der Waals surface area contributed by atoms with Crippen LogP contribution in [0.25, 0.3) is 0 Å².